The van der Waals surface area contributed by atoms with Crippen molar-refractivity contribution in [3.05, 3.63) is 0 Å². The van der Waals surface area contributed by atoms with Crippen LogP contribution in [0.4, 0.5) is 0 Å². The molecule has 0 radical (unpaired) electrons. The number of rotatable bonds is 5. The van der Waals surface area contributed by atoms with E-state index < -0.39 is 18.3 Å². The van der Waals surface area contributed by atoms with Crippen LogP contribution in [0.25, 0.3) is 0 Å². The first kappa shape index (κ1) is 10.9. The lowest BCUT2D eigenvalue weighted by Crippen LogP contribution is -2.25. The SMILES string of the molecule is CCC(O)C(O)CCC(C)O. The van der Waals surface area contributed by atoms with E-state index in [9.17, 15) is 5.11 Å². The van der Waals surface area contributed by atoms with Gasteiger partial charge in [-0.1, -0.05) is 6.92 Å². The van der Waals surface area contributed by atoms with Crippen molar-refractivity contribution in [2.24, 2.45) is 0 Å². The van der Waals surface area contributed by atoms with E-state index in [-0.39, 0.29) is 0 Å². The Morgan fingerprint density at radius 1 is 1.00 bits per heavy atom. The van der Waals surface area contributed by atoms with Crippen molar-refractivity contribution in [2.45, 2.75) is 51.4 Å². The first-order valence-electron chi connectivity index (χ1n) is 4.12. The first-order chi connectivity index (χ1) is 5.07. The van der Waals surface area contributed by atoms with Gasteiger partial charge >= 0.3 is 0 Å². The maximum Gasteiger partial charge on any atom is 0.0800 e. The Kier molecular flexibility index (Phi) is 5.46. The summed E-state index contributed by atoms with van der Waals surface area (Å²) in [5.41, 5.74) is 0. The molecule has 3 atom stereocenters. The molecule has 0 bridgehead atoms. The maximum absolute atomic E-state index is 9.21. The van der Waals surface area contributed by atoms with E-state index in [1.54, 1.807) is 6.92 Å². The monoisotopic (exact) mass is 162 g/mol. The largest absolute Gasteiger partial charge is 0.393 e. The molecule has 0 amide bonds. The summed E-state index contributed by atoms with van der Waals surface area (Å²) in [6.07, 6.45) is -0.164. The number of hydrogen-bond acceptors (Lipinski definition) is 3. The van der Waals surface area contributed by atoms with Gasteiger partial charge < -0.3 is 15.3 Å². The van der Waals surface area contributed by atoms with Gasteiger partial charge in [-0.3, -0.25) is 0 Å². The Hall–Kier alpha value is -0.120. The Balaban J connectivity index is 3.43. The third-order valence-corrected chi connectivity index (χ3v) is 1.74. The quantitative estimate of drug-likeness (QED) is 0.544. The van der Waals surface area contributed by atoms with Gasteiger partial charge in [-0.05, 0) is 26.2 Å². The molecule has 3 N–H and O–H groups in total. The molecule has 0 aliphatic rings. The van der Waals surface area contributed by atoms with Crippen molar-refractivity contribution in [3.8, 4) is 0 Å². The zero-order valence-electron chi connectivity index (χ0n) is 7.20. The fourth-order valence-corrected chi connectivity index (χ4v) is 0.876. The Labute approximate surface area is 67.7 Å². The lowest BCUT2D eigenvalue weighted by Gasteiger charge is -2.16. The number of aliphatic hydroxyl groups is 3. The highest BCUT2D eigenvalue weighted by Gasteiger charge is 2.13. The van der Waals surface area contributed by atoms with Gasteiger partial charge in [-0.25, -0.2) is 0 Å². The van der Waals surface area contributed by atoms with E-state index in [1.165, 1.54) is 0 Å². The summed E-state index contributed by atoms with van der Waals surface area (Å²) >= 11 is 0. The summed E-state index contributed by atoms with van der Waals surface area (Å²) in [6.45, 7) is 3.49. The van der Waals surface area contributed by atoms with Crippen LogP contribution in [-0.4, -0.2) is 33.6 Å². The van der Waals surface area contributed by atoms with Crippen LogP contribution in [0.5, 0.6) is 0 Å². The van der Waals surface area contributed by atoms with Crippen LogP contribution in [0.2, 0.25) is 0 Å². The minimum Gasteiger partial charge on any atom is -0.393 e. The van der Waals surface area contributed by atoms with E-state index in [4.69, 9.17) is 10.2 Å². The molecule has 0 aromatic carbocycles. The molecule has 3 nitrogen and oxygen atoms in total. The second kappa shape index (κ2) is 5.52. The minimum atomic E-state index is -0.686. The van der Waals surface area contributed by atoms with Crippen molar-refractivity contribution in [2.75, 3.05) is 0 Å². The lowest BCUT2D eigenvalue weighted by molar-refractivity contribution is 0.00521. The average Bonchev–Trinajstić information content (AvgIpc) is 1.98. The molecule has 0 aromatic heterocycles. The highest BCUT2D eigenvalue weighted by molar-refractivity contribution is 4.66. The van der Waals surface area contributed by atoms with Gasteiger partial charge in [0.05, 0.1) is 18.3 Å². The van der Waals surface area contributed by atoms with Gasteiger partial charge in [0.15, 0.2) is 0 Å². The van der Waals surface area contributed by atoms with Crippen molar-refractivity contribution in [3.63, 3.8) is 0 Å². The van der Waals surface area contributed by atoms with Crippen LogP contribution >= 0.6 is 0 Å². The highest BCUT2D eigenvalue weighted by Crippen LogP contribution is 2.07. The van der Waals surface area contributed by atoms with Crippen LogP contribution < -0.4 is 0 Å². The van der Waals surface area contributed by atoms with E-state index >= 15 is 0 Å². The molecule has 0 heterocycles. The lowest BCUT2D eigenvalue weighted by atomic mass is 10.0. The van der Waals surface area contributed by atoms with Crippen LogP contribution in [0.15, 0.2) is 0 Å². The summed E-state index contributed by atoms with van der Waals surface area (Å²) in [5, 5.41) is 27.2. The molecule has 3 unspecified atom stereocenters. The highest BCUT2D eigenvalue weighted by atomic mass is 16.3. The zero-order chi connectivity index (χ0) is 8.85. The van der Waals surface area contributed by atoms with Crippen molar-refractivity contribution >= 4 is 0 Å². The molecule has 0 saturated heterocycles. The van der Waals surface area contributed by atoms with Crippen molar-refractivity contribution in [1.82, 2.24) is 0 Å². The molecule has 0 aromatic rings. The molecule has 11 heavy (non-hydrogen) atoms. The summed E-state index contributed by atoms with van der Waals surface area (Å²) in [6, 6.07) is 0. The van der Waals surface area contributed by atoms with Crippen LogP contribution in [-0.2, 0) is 0 Å². The van der Waals surface area contributed by atoms with Crippen LogP contribution in [0.3, 0.4) is 0 Å². The normalized spacial score (nSPS) is 19.4. The number of hydrogen-bond donors (Lipinski definition) is 3. The standard InChI is InChI=1S/C8H18O3/c1-3-7(10)8(11)5-4-6(2)9/h6-11H,3-5H2,1-2H3. The van der Waals surface area contributed by atoms with Crippen molar-refractivity contribution in [1.29, 1.82) is 0 Å². The van der Waals surface area contributed by atoms with Gasteiger partial charge in [0.25, 0.3) is 0 Å². The summed E-state index contributed by atoms with van der Waals surface area (Å²) in [7, 11) is 0. The molecule has 68 valence electrons. The van der Waals surface area contributed by atoms with Crippen molar-refractivity contribution < 1.29 is 15.3 Å². The molecule has 0 aliphatic carbocycles. The van der Waals surface area contributed by atoms with Gasteiger partial charge in [0, 0.05) is 0 Å². The van der Waals surface area contributed by atoms with E-state index in [0.29, 0.717) is 19.3 Å². The molecular formula is C8H18O3. The second-order valence-electron chi connectivity index (χ2n) is 2.97. The Morgan fingerprint density at radius 3 is 1.91 bits per heavy atom. The summed E-state index contributed by atoms with van der Waals surface area (Å²) in [5.74, 6) is 0. The predicted octanol–water partition coefficient (Wildman–Crippen LogP) is 0.279. The zero-order valence-corrected chi connectivity index (χ0v) is 7.20. The minimum absolute atomic E-state index is 0.395. The van der Waals surface area contributed by atoms with Gasteiger partial charge in [-0.2, -0.15) is 0 Å². The third kappa shape index (κ3) is 5.18. The fraction of sp³-hybridized carbons (Fsp3) is 1.00. The molecule has 0 spiro atoms. The smallest absolute Gasteiger partial charge is 0.0800 e. The summed E-state index contributed by atoms with van der Waals surface area (Å²) in [4.78, 5) is 0. The third-order valence-electron chi connectivity index (χ3n) is 1.74. The molecular weight excluding hydrogens is 144 g/mol. The predicted molar refractivity (Wildman–Crippen MR) is 43.2 cm³/mol. The van der Waals surface area contributed by atoms with Gasteiger partial charge in [0.1, 0.15) is 0 Å². The molecule has 3 heteroatoms. The molecule has 0 rings (SSSR count). The average molecular weight is 162 g/mol. The summed E-state index contributed by atoms with van der Waals surface area (Å²) < 4.78 is 0. The Morgan fingerprint density at radius 2 is 1.55 bits per heavy atom. The van der Waals surface area contributed by atoms with E-state index in [1.807, 2.05) is 6.92 Å². The van der Waals surface area contributed by atoms with Crippen LogP contribution in [0.1, 0.15) is 33.1 Å². The Bertz CT molecular complexity index is 93.3. The second-order valence-corrected chi connectivity index (χ2v) is 2.97. The number of aliphatic hydroxyl groups excluding tert-OH is 3. The van der Waals surface area contributed by atoms with Gasteiger partial charge in [-0.15, -0.1) is 0 Å². The fourth-order valence-electron chi connectivity index (χ4n) is 0.876. The topological polar surface area (TPSA) is 60.7 Å². The van der Waals surface area contributed by atoms with E-state index in [0.717, 1.165) is 0 Å². The maximum atomic E-state index is 9.21. The molecule has 0 saturated carbocycles. The molecule has 0 aliphatic heterocycles. The van der Waals surface area contributed by atoms with Gasteiger partial charge in [0.2, 0.25) is 0 Å². The first-order valence-corrected chi connectivity index (χ1v) is 4.12. The van der Waals surface area contributed by atoms with E-state index in [2.05, 4.69) is 0 Å². The molecule has 0 fully saturated rings. The van der Waals surface area contributed by atoms with Crippen LogP contribution in [0, 0.1) is 0 Å².